The van der Waals surface area contributed by atoms with Crippen LogP contribution < -0.4 is 14.8 Å². The number of amides is 1. The molecule has 1 amide bonds. The minimum atomic E-state index is -0.493. The number of hydrogen-bond acceptors (Lipinski definition) is 6. The number of nitrogens with zero attached hydrogens (tertiary/aromatic N) is 1. The molecule has 1 heterocycles. The van der Waals surface area contributed by atoms with Crippen LogP contribution in [0.5, 0.6) is 11.5 Å². The van der Waals surface area contributed by atoms with Crippen molar-refractivity contribution < 1.29 is 19.2 Å². The lowest BCUT2D eigenvalue weighted by atomic mass is 10.1. The number of halogens is 1. The number of carbonyl (C=O) groups is 1. The number of nitro groups is 1. The van der Waals surface area contributed by atoms with Crippen LogP contribution >= 0.6 is 23.4 Å². The molecule has 30 heavy (non-hydrogen) atoms. The van der Waals surface area contributed by atoms with Crippen LogP contribution in [0, 0.1) is 10.1 Å². The van der Waals surface area contributed by atoms with Crippen LogP contribution in [0.4, 0.5) is 5.69 Å². The van der Waals surface area contributed by atoms with E-state index < -0.39 is 10.8 Å². The van der Waals surface area contributed by atoms with E-state index in [4.69, 9.17) is 21.1 Å². The predicted octanol–water partition coefficient (Wildman–Crippen LogP) is 5.06. The molecule has 0 bridgehead atoms. The Labute approximate surface area is 181 Å². The minimum Gasteiger partial charge on any atom is -0.454 e. The second kappa shape index (κ2) is 8.64. The zero-order chi connectivity index (χ0) is 21.1. The van der Waals surface area contributed by atoms with E-state index in [1.807, 2.05) is 6.07 Å². The topological polar surface area (TPSA) is 90.7 Å². The highest BCUT2D eigenvalue weighted by molar-refractivity contribution is 7.99. The van der Waals surface area contributed by atoms with Crippen LogP contribution in [0.3, 0.4) is 0 Å². The van der Waals surface area contributed by atoms with Crippen LogP contribution in [0.2, 0.25) is 5.02 Å². The molecule has 1 N–H and O–H groups in total. The van der Waals surface area contributed by atoms with Gasteiger partial charge in [0.15, 0.2) is 11.5 Å². The average molecular weight is 443 g/mol. The van der Waals surface area contributed by atoms with Crippen molar-refractivity contribution in [1.29, 1.82) is 0 Å². The van der Waals surface area contributed by atoms with Crippen LogP contribution in [0.15, 0.2) is 70.5 Å². The van der Waals surface area contributed by atoms with Crippen molar-refractivity contribution in [2.45, 2.75) is 16.3 Å². The first-order valence-corrected chi connectivity index (χ1v) is 10.1. The van der Waals surface area contributed by atoms with Crippen molar-refractivity contribution >= 4 is 35.0 Å². The molecule has 0 atom stereocenters. The van der Waals surface area contributed by atoms with Gasteiger partial charge in [0.1, 0.15) is 0 Å². The van der Waals surface area contributed by atoms with E-state index in [1.165, 1.54) is 17.8 Å². The SMILES string of the molecule is O=C(NCc1ccc2c(c1)OCO2)c1ccc(Sc2ccc(Cl)cc2)c([N+](=O)[O-])c1. The zero-order valence-corrected chi connectivity index (χ0v) is 17.0. The van der Waals surface area contributed by atoms with Gasteiger partial charge in [-0.1, -0.05) is 29.4 Å². The van der Waals surface area contributed by atoms with Crippen LogP contribution in [0.25, 0.3) is 0 Å². The van der Waals surface area contributed by atoms with Crippen molar-refractivity contribution in [2.24, 2.45) is 0 Å². The molecule has 0 saturated heterocycles. The largest absolute Gasteiger partial charge is 0.454 e. The molecule has 0 saturated carbocycles. The predicted molar refractivity (Wildman–Crippen MR) is 112 cm³/mol. The van der Waals surface area contributed by atoms with E-state index in [2.05, 4.69) is 5.32 Å². The first-order chi connectivity index (χ1) is 14.5. The smallest absolute Gasteiger partial charge is 0.284 e. The molecular weight excluding hydrogens is 428 g/mol. The number of fused-ring (bicyclic) bond motifs is 1. The highest BCUT2D eigenvalue weighted by Crippen LogP contribution is 2.36. The Morgan fingerprint density at radius 2 is 1.83 bits per heavy atom. The molecule has 0 aliphatic carbocycles. The summed E-state index contributed by atoms with van der Waals surface area (Å²) >= 11 is 7.11. The fourth-order valence-electron chi connectivity index (χ4n) is 2.85. The third-order valence-corrected chi connectivity index (χ3v) is 5.67. The standard InChI is InChI=1S/C21H15ClN2O5S/c22-15-3-5-16(6-4-15)30-20-8-2-14(10-17(20)24(26)27)21(25)23-11-13-1-7-18-19(9-13)29-12-28-18/h1-10H,11-12H2,(H,23,25). The molecule has 1 aliphatic heterocycles. The Morgan fingerprint density at radius 3 is 2.60 bits per heavy atom. The highest BCUT2D eigenvalue weighted by atomic mass is 35.5. The van der Waals surface area contributed by atoms with Gasteiger partial charge in [-0.3, -0.25) is 14.9 Å². The van der Waals surface area contributed by atoms with Gasteiger partial charge in [-0.05, 0) is 54.1 Å². The van der Waals surface area contributed by atoms with Crippen molar-refractivity contribution in [3.63, 3.8) is 0 Å². The fourth-order valence-corrected chi connectivity index (χ4v) is 3.88. The van der Waals surface area contributed by atoms with Gasteiger partial charge in [-0.15, -0.1) is 0 Å². The molecule has 4 rings (SSSR count). The normalized spacial score (nSPS) is 11.9. The number of carbonyl (C=O) groups excluding carboxylic acids is 1. The number of rotatable bonds is 6. The molecule has 3 aromatic carbocycles. The van der Waals surface area contributed by atoms with Crippen molar-refractivity contribution in [1.82, 2.24) is 5.32 Å². The quantitative estimate of drug-likeness (QED) is 0.424. The lowest BCUT2D eigenvalue weighted by molar-refractivity contribution is -0.387. The van der Waals surface area contributed by atoms with E-state index in [-0.39, 0.29) is 24.6 Å². The van der Waals surface area contributed by atoms with Crippen LogP contribution in [0.1, 0.15) is 15.9 Å². The lowest BCUT2D eigenvalue weighted by Crippen LogP contribution is -2.22. The summed E-state index contributed by atoms with van der Waals surface area (Å²) in [5, 5.41) is 14.9. The maximum Gasteiger partial charge on any atom is 0.284 e. The maximum absolute atomic E-state index is 12.5. The summed E-state index contributed by atoms with van der Waals surface area (Å²) in [4.78, 5) is 24.8. The number of ether oxygens (including phenoxy) is 2. The summed E-state index contributed by atoms with van der Waals surface area (Å²) in [5.41, 5.74) is 0.908. The van der Waals surface area contributed by atoms with Crippen molar-refractivity contribution in [3.05, 3.63) is 86.9 Å². The number of benzene rings is 3. The molecule has 0 fully saturated rings. The Bertz CT molecular complexity index is 1120. The highest BCUT2D eigenvalue weighted by Gasteiger charge is 2.19. The molecule has 0 unspecified atom stereocenters. The zero-order valence-electron chi connectivity index (χ0n) is 15.5. The van der Waals surface area contributed by atoms with Gasteiger partial charge in [0.25, 0.3) is 11.6 Å². The van der Waals surface area contributed by atoms with Gasteiger partial charge < -0.3 is 14.8 Å². The first-order valence-electron chi connectivity index (χ1n) is 8.88. The summed E-state index contributed by atoms with van der Waals surface area (Å²) in [6.07, 6.45) is 0. The summed E-state index contributed by atoms with van der Waals surface area (Å²) in [6.45, 7) is 0.430. The molecule has 0 spiro atoms. The third-order valence-electron chi connectivity index (χ3n) is 4.35. The van der Waals surface area contributed by atoms with E-state index in [0.29, 0.717) is 21.4 Å². The molecule has 7 nitrogen and oxygen atoms in total. The van der Waals surface area contributed by atoms with Gasteiger partial charge >= 0.3 is 0 Å². The van der Waals surface area contributed by atoms with Gasteiger partial charge in [0.2, 0.25) is 6.79 Å². The molecule has 0 radical (unpaired) electrons. The number of nitrogens with one attached hydrogen (secondary N) is 1. The van der Waals surface area contributed by atoms with E-state index in [9.17, 15) is 14.9 Å². The lowest BCUT2D eigenvalue weighted by Gasteiger charge is -2.08. The maximum atomic E-state index is 12.5. The monoisotopic (exact) mass is 442 g/mol. The van der Waals surface area contributed by atoms with Gasteiger partial charge in [-0.25, -0.2) is 0 Å². The van der Waals surface area contributed by atoms with Crippen LogP contribution in [-0.2, 0) is 6.54 Å². The van der Waals surface area contributed by atoms with Crippen molar-refractivity contribution in [3.8, 4) is 11.5 Å². The summed E-state index contributed by atoms with van der Waals surface area (Å²) in [6, 6.07) is 16.8. The van der Waals surface area contributed by atoms with Crippen LogP contribution in [-0.4, -0.2) is 17.6 Å². The Morgan fingerprint density at radius 1 is 1.07 bits per heavy atom. The molecule has 9 heteroatoms. The van der Waals surface area contributed by atoms with E-state index in [1.54, 1.807) is 48.5 Å². The summed E-state index contributed by atoms with van der Waals surface area (Å²) in [5.74, 6) is 0.884. The first kappa shape index (κ1) is 20.1. The fraction of sp³-hybridized carbons (Fsp3) is 0.0952. The summed E-state index contributed by atoms with van der Waals surface area (Å²) < 4.78 is 10.6. The molecule has 1 aliphatic rings. The number of hydrogen-bond donors (Lipinski definition) is 1. The Hall–Kier alpha value is -3.23. The van der Waals surface area contributed by atoms with Gasteiger partial charge in [-0.2, -0.15) is 0 Å². The van der Waals surface area contributed by atoms with Gasteiger partial charge in [0.05, 0.1) is 9.82 Å². The molecule has 152 valence electrons. The summed E-state index contributed by atoms with van der Waals surface area (Å²) in [7, 11) is 0. The second-order valence-electron chi connectivity index (χ2n) is 6.37. The van der Waals surface area contributed by atoms with E-state index >= 15 is 0 Å². The Balaban J connectivity index is 1.48. The van der Waals surface area contributed by atoms with Crippen molar-refractivity contribution in [2.75, 3.05) is 6.79 Å². The number of nitro benzene ring substituents is 1. The van der Waals surface area contributed by atoms with E-state index in [0.717, 1.165) is 10.5 Å². The third kappa shape index (κ3) is 4.50. The average Bonchev–Trinajstić information content (AvgIpc) is 3.21. The second-order valence-corrected chi connectivity index (χ2v) is 7.92. The molecule has 3 aromatic rings. The minimum absolute atomic E-state index is 0.134. The molecule has 0 aromatic heterocycles. The van der Waals surface area contributed by atoms with Gasteiger partial charge in [0, 0.05) is 28.1 Å². The Kier molecular flexibility index (Phi) is 5.78. The molecular formula is C21H15ClN2O5S.